The fourth-order valence-corrected chi connectivity index (χ4v) is 2.33. The Morgan fingerprint density at radius 1 is 1.14 bits per heavy atom. The lowest BCUT2D eigenvalue weighted by atomic mass is 10.1. The molecule has 1 N–H and O–H groups in total. The van der Waals surface area contributed by atoms with E-state index in [-0.39, 0.29) is 11.5 Å². The number of halogens is 1. The quantitative estimate of drug-likeness (QED) is 0.780. The van der Waals surface area contributed by atoms with Crippen molar-refractivity contribution in [2.75, 3.05) is 0 Å². The van der Waals surface area contributed by atoms with Crippen LogP contribution < -0.4 is 0 Å². The molecule has 0 spiro atoms. The summed E-state index contributed by atoms with van der Waals surface area (Å²) in [5, 5.41) is 13.1. The highest BCUT2D eigenvalue weighted by Gasteiger charge is 2.17. The van der Waals surface area contributed by atoms with Crippen LogP contribution in [0.5, 0.6) is 0 Å². The van der Waals surface area contributed by atoms with E-state index in [1.54, 1.807) is 18.2 Å². The highest BCUT2D eigenvalue weighted by Crippen LogP contribution is 2.26. The van der Waals surface area contributed by atoms with Crippen LogP contribution in [0.4, 0.5) is 0 Å². The van der Waals surface area contributed by atoms with Gasteiger partial charge in [-0.05, 0) is 24.3 Å². The summed E-state index contributed by atoms with van der Waals surface area (Å²) in [5.74, 6) is -0.442. The van der Waals surface area contributed by atoms with Crippen molar-refractivity contribution in [1.82, 2.24) is 10.1 Å². The topological polar surface area (TPSA) is 76.2 Å². The third-order valence-corrected chi connectivity index (χ3v) is 3.39. The van der Waals surface area contributed by atoms with Gasteiger partial charge in [0, 0.05) is 10.0 Å². The van der Waals surface area contributed by atoms with Gasteiger partial charge in [0.25, 0.3) is 5.89 Å². The fourth-order valence-electron chi connectivity index (χ4n) is 1.93. The summed E-state index contributed by atoms with van der Waals surface area (Å²) < 4.78 is 6.10. The van der Waals surface area contributed by atoms with E-state index in [4.69, 9.17) is 4.52 Å². The van der Waals surface area contributed by atoms with Crippen LogP contribution in [0.2, 0.25) is 0 Å². The monoisotopic (exact) mass is 344 g/mol. The Balaban J connectivity index is 2.05. The predicted octanol–water partition coefficient (Wildman–Crippen LogP) is 3.86. The van der Waals surface area contributed by atoms with Gasteiger partial charge in [0.1, 0.15) is 0 Å². The summed E-state index contributed by atoms with van der Waals surface area (Å²) in [6, 6.07) is 14.0. The van der Waals surface area contributed by atoms with Gasteiger partial charge < -0.3 is 9.63 Å². The van der Waals surface area contributed by atoms with Gasteiger partial charge in [-0.25, -0.2) is 4.79 Å². The Hall–Kier alpha value is -2.47. The smallest absolute Gasteiger partial charge is 0.336 e. The molecule has 0 radical (unpaired) electrons. The van der Waals surface area contributed by atoms with E-state index in [0.29, 0.717) is 11.4 Å². The normalized spacial score (nSPS) is 10.5. The van der Waals surface area contributed by atoms with Crippen LogP contribution in [0.15, 0.2) is 57.5 Å². The number of carboxylic acid groups (broad SMARTS) is 1. The van der Waals surface area contributed by atoms with Gasteiger partial charge in [-0.3, -0.25) is 0 Å². The van der Waals surface area contributed by atoms with Crippen LogP contribution in [-0.2, 0) is 0 Å². The predicted molar refractivity (Wildman–Crippen MR) is 79.8 cm³/mol. The Morgan fingerprint density at radius 3 is 2.71 bits per heavy atom. The van der Waals surface area contributed by atoms with Crippen LogP contribution in [0, 0.1) is 0 Å². The van der Waals surface area contributed by atoms with E-state index in [1.165, 1.54) is 6.07 Å². The molecular formula is C15H9BrN2O3. The van der Waals surface area contributed by atoms with Crippen molar-refractivity contribution in [2.45, 2.75) is 0 Å². The Morgan fingerprint density at radius 2 is 1.95 bits per heavy atom. The van der Waals surface area contributed by atoms with Crippen molar-refractivity contribution in [2.24, 2.45) is 0 Å². The minimum absolute atomic E-state index is 0.127. The van der Waals surface area contributed by atoms with Crippen molar-refractivity contribution >= 4 is 21.9 Å². The molecule has 6 heteroatoms. The molecule has 21 heavy (non-hydrogen) atoms. The Labute approximate surface area is 128 Å². The average Bonchev–Trinajstić information content (AvgIpc) is 2.97. The standard InChI is InChI=1S/C15H9BrN2O3/c16-10-5-3-4-9(8-10)13-17-14(21-18-13)11-6-1-2-7-12(11)15(19)20/h1-8H,(H,19,20). The minimum Gasteiger partial charge on any atom is -0.478 e. The van der Waals surface area contributed by atoms with E-state index < -0.39 is 5.97 Å². The zero-order chi connectivity index (χ0) is 14.8. The van der Waals surface area contributed by atoms with Gasteiger partial charge in [-0.15, -0.1) is 0 Å². The average molecular weight is 345 g/mol. The highest BCUT2D eigenvalue weighted by atomic mass is 79.9. The van der Waals surface area contributed by atoms with Gasteiger partial charge in [-0.2, -0.15) is 4.98 Å². The molecule has 0 unspecified atom stereocenters. The maximum absolute atomic E-state index is 11.2. The number of carbonyl (C=O) groups is 1. The number of rotatable bonds is 3. The molecule has 1 aromatic heterocycles. The van der Waals surface area contributed by atoms with Crippen LogP contribution in [0.1, 0.15) is 10.4 Å². The van der Waals surface area contributed by atoms with Gasteiger partial charge in [0.15, 0.2) is 0 Å². The number of carboxylic acids is 1. The molecule has 1 heterocycles. The largest absolute Gasteiger partial charge is 0.478 e. The summed E-state index contributed by atoms with van der Waals surface area (Å²) in [6.07, 6.45) is 0. The van der Waals surface area contributed by atoms with E-state index in [9.17, 15) is 9.90 Å². The molecule has 3 rings (SSSR count). The van der Waals surface area contributed by atoms with Crippen molar-refractivity contribution in [3.63, 3.8) is 0 Å². The first-order valence-electron chi connectivity index (χ1n) is 6.07. The number of aromatic nitrogens is 2. The molecule has 0 aliphatic carbocycles. The SMILES string of the molecule is O=C(O)c1ccccc1-c1nc(-c2cccc(Br)c2)no1. The van der Waals surface area contributed by atoms with Crippen molar-refractivity contribution in [1.29, 1.82) is 0 Å². The summed E-state index contributed by atoms with van der Waals surface area (Å²) >= 11 is 3.38. The second kappa shape index (κ2) is 5.49. The van der Waals surface area contributed by atoms with E-state index in [0.717, 1.165) is 10.0 Å². The van der Waals surface area contributed by atoms with Crippen LogP contribution in [0.3, 0.4) is 0 Å². The van der Waals surface area contributed by atoms with E-state index >= 15 is 0 Å². The molecular weight excluding hydrogens is 336 g/mol. The molecule has 3 aromatic rings. The molecule has 0 saturated heterocycles. The van der Waals surface area contributed by atoms with Gasteiger partial charge in [0.2, 0.25) is 5.82 Å². The van der Waals surface area contributed by atoms with Gasteiger partial charge in [0.05, 0.1) is 11.1 Å². The first-order chi connectivity index (χ1) is 10.1. The van der Waals surface area contributed by atoms with Crippen molar-refractivity contribution < 1.29 is 14.4 Å². The summed E-state index contributed by atoms with van der Waals surface area (Å²) in [7, 11) is 0. The Kier molecular flexibility index (Phi) is 3.53. The lowest BCUT2D eigenvalue weighted by molar-refractivity contribution is 0.0697. The van der Waals surface area contributed by atoms with Crippen molar-refractivity contribution in [3.05, 3.63) is 58.6 Å². The van der Waals surface area contributed by atoms with Crippen LogP contribution in [0.25, 0.3) is 22.8 Å². The minimum atomic E-state index is -1.03. The van der Waals surface area contributed by atoms with E-state index in [2.05, 4.69) is 26.1 Å². The summed E-state index contributed by atoms with van der Waals surface area (Å²) in [4.78, 5) is 15.5. The third kappa shape index (κ3) is 2.71. The zero-order valence-corrected chi connectivity index (χ0v) is 12.2. The van der Waals surface area contributed by atoms with E-state index in [1.807, 2.05) is 24.3 Å². The van der Waals surface area contributed by atoms with Gasteiger partial charge >= 0.3 is 5.97 Å². The van der Waals surface area contributed by atoms with Crippen LogP contribution in [-0.4, -0.2) is 21.2 Å². The molecule has 5 nitrogen and oxygen atoms in total. The lowest BCUT2D eigenvalue weighted by Crippen LogP contribution is -1.99. The summed E-state index contributed by atoms with van der Waals surface area (Å²) in [5.41, 5.74) is 1.31. The number of nitrogens with zero attached hydrogens (tertiary/aromatic N) is 2. The van der Waals surface area contributed by atoms with Crippen molar-refractivity contribution in [3.8, 4) is 22.8 Å². The number of hydrogen-bond donors (Lipinski definition) is 1. The first-order valence-corrected chi connectivity index (χ1v) is 6.87. The first kappa shape index (κ1) is 13.5. The molecule has 104 valence electrons. The molecule has 0 aliphatic rings. The molecule has 0 amide bonds. The second-order valence-corrected chi connectivity index (χ2v) is 5.20. The second-order valence-electron chi connectivity index (χ2n) is 4.28. The Bertz CT molecular complexity index is 814. The fraction of sp³-hybridized carbons (Fsp3) is 0. The molecule has 2 aromatic carbocycles. The summed E-state index contributed by atoms with van der Waals surface area (Å²) in [6.45, 7) is 0. The zero-order valence-electron chi connectivity index (χ0n) is 10.7. The highest BCUT2D eigenvalue weighted by molar-refractivity contribution is 9.10. The number of hydrogen-bond acceptors (Lipinski definition) is 4. The maximum atomic E-state index is 11.2. The molecule has 0 bridgehead atoms. The van der Waals surface area contributed by atoms with Gasteiger partial charge in [-0.1, -0.05) is 45.4 Å². The molecule has 0 aliphatic heterocycles. The lowest BCUT2D eigenvalue weighted by Gasteiger charge is -1.99. The number of benzene rings is 2. The molecule has 0 saturated carbocycles. The molecule has 0 atom stereocenters. The third-order valence-electron chi connectivity index (χ3n) is 2.90. The molecule has 0 fully saturated rings. The van der Waals surface area contributed by atoms with Crippen LogP contribution >= 0.6 is 15.9 Å². The number of aromatic carboxylic acids is 1. The maximum Gasteiger partial charge on any atom is 0.336 e.